The van der Waals surface area contributed by atoms with Crippen LogP contribution in [0.2, 0.25) is 0 Å². The number of rotatable bonds is 7. The Hall–Kier alpha value is -1.89. The Balaban J connectivity index is 1.98. The molecule has 0 aromatic carbocycles. The fraction of sp³-hybridized carbons (Fsp3) is 0.357. The number of H-pyrrole nitrogens is 1. The van der Waals surface area contributed by atoms with Gasteiger partial charge in [-0.2, -0.15) is 0 Å². The van der Waals surface area contributed by atoms with Crippen molar-refractivity contribution in [2.45, 2.75) is 19.8 Å². The number of hydrogen-bond acceptors (Lipinski definition) is 4. The Morgan fingerprint density at radius 3 is 2.95 bits per heavy atom. The van der Waals surface area contributed by atoms with Crippen LogP contribution in [0.1, 0.15) is 29.4 Å². The van der Waals surface area contributed by atoms with Crippen LogP contribution in [0.3, 0.4) is 0 Å². The van der Waals surface area contributed by atoms with Gasteiger partial charge in [0.25, 0.3) is 5.91 Å². The summed E-state index contributed by atoms with van der Waals surface area (Å²) in [5.41, 5.74) is 1.54. The summed E-state index contributed by atoms with van der Waals surface area (Å²) in [4.78, 5) is 23.5. The zero-order valence-electron chi connectivity index (χ0n) is 11.8. The van der Waals surface area contributed by atoms with Crippen molar-refractivity contribution in [2.24, 2.45) is 0 Å². The lowest BCUT2D eigenvalue weighted by Crippen LogP contribution is -2.27. The van der Waals surface area contributed by atoms with E-state index in [4.69, 9.17) is 0 Å². The standard InChI is InChI=1S/C14H18BrN5O/c1-2-4-17-13-12(6-10(15)7-19-13)14(21)18-5-3-11-8-16-9-20-11/h6-9H,2-5H2,1H3,(H,16,20)(H,17,19)(H,18,21). The van der Waals surface area contributed by atoms with E-state index in [1.54, 1.807) is 24.8 Å². The second-order valence-electron chi connectivity index (χ2n) is 4.56. The van der Waals surface area contributed by atoms with Crippen LogP contribution >= 0.6 is 15.9 Å². The molecule has 0 bridgehead atoms. The number of carbonyl (C=O) groups is 1. The van der Waals surface area contributed by atoms with Crippen molar-refractivity contribution in [2.75, 3.05) is 18.4 Å². The highest BCUT2D eigenvalue weighted by Crippen LogP contribution is 2.18. The highest BCUT2D eigenvalue weighted by Gasteiger charge is 2.13. The molecule has 2 heterocycles. The van der Waals surface area contributed by atoms with Crippen LogP contribution in [0.15, 0.2) is 29.3 Å². The average Bonchev–Trinajstić information content (AvgIpc) is 2.99. The molecule has 0 unspecified atom stereocenters. The van der Waals surface area contributed by atoms with Gasteiger partial charge in [0.15, 0.2) is 0 Å². The Morgan fingerprint density at radius 2 is 2.24 bits per heavy atom. The average molecular weight is 352 g/mol. The smallest absolute Gasteiger partial charge is 0.255 e. The first-order valence-electron chi connectivity index (χ1n) is 6.85. The number of anilines is 1. The molecule has 0 saturated heterocycles. The molecule has 0 aliphatic heterocycles. The van der Waals surface area contributed by atoms with Gasteiger partial charge in [-0.15, -0.1) is 0 Å². The zero-order valence-corrected chi connectivity index (χ0v) is 13.4. The Bertz CT molecular complexity index is 585. The number of nitrogens with zero attached hydrogens (tertiary/aromatic N) is 2. The molecule has 0 atom stereocenters. The summed E-state index contributed by atoms with van der Waals surface area (Å²) in [6.45, 7) is 3.39. The summed E-state index contributed by atoms with van der Waals surface area (Å²) >= 11 is 3.35. The van der Waals surface area contributed by atoms with Crippen LogP contribution in [0, 0.1) is 0 Å². The summed E-state index contributed by atoms with van der Waals surface area (Å²) in [5.74, 6) is 0.473. The molecule has 2 rings (SSSR count). The Kier molecular flexibility index (Phi) is 5.74. The molecular weight excluding hydrogens is 334 g/mol. The number of aromatic amines is 1. The number of amides is 1. The van der Waals surface area contributed by atoms with Gasteiger partial charge >= 0.3 is 0 Å². The van der Waals surface area contributed by atoms with Gasteiger partial charge in [0, 0.05) is 42.1 Å². The maximum atomic E-state index is 12.3. The summed E-state index contributed by atoms with van der Waals surface area (Å²) in [5, 5.41) is 6.06. The molecule has 0 radical (unpaired) electrons. The minimum absolute atomic E-state index is 0.137. The number of imidazole rings is 1. The lowest BCUT2D eigenvalue weighted by molar-refractivity contribution is 0.0954. The Labute approximate surface area is 131 Å². The first kappa shape index (κ1) is 15.5. The van der Waals surface area contributed by atoms with E-state index < -0.39 is 0 Å². The maximum Gasteiger partial charge on any atom is 0.255 e. The van der Waals surface area contributed by atoms with Gasteiger partial charge in [-0.3, -0.25) is 4.79 Å². The number of halogens is 1. The maximum absolute atomic E-state index is 12.3. The van der Waals surface area contributed by atoms with Gasteiger partial charge < -0.3 is 15.6 Å². The topological polar surface area (TPSA) is 82.7 Å². The van der Waals surface area contributed by atoms with E-state index in [0.717, 1.165) is 23.1 Å². The lowest BCUT2D eigenvalue weighted by atomic mass is 10.2. The molecule has 3 N–H and O–H groups in total. The highest BCUT2D eigenvalue weighted by atomic mass is 79.9. The quantitative estimate of drug-likeness (QED) is 0.714. The fourth-order valence-electron chi connectivity index (χ4n) is 1.82. The summed E-state index contributed by atoms with van der Waals surface area (Å²) in [7, 11) is 0. The summed E-state index contributed by atoms with van der Waals surface area (Å²) < 4.78 is 0.781. The van der Waals surface area contributed by atoms with Gasteiger partial charge in [-0.25, -0.2) is 9.97 Å². The van der Waals surface area contributed by atoms with Crippen LogP contribution < -0.4 is 10.6 Å². The third-order valence-corrected chi connectivity index (χ3v) is 3.31. The number of carbonyl (C=O) groups excluding carboxylic acids is 1. The zero-order chi connectivity index (χ0) is 15.1. The van der Waals surface area contributed by atoms with Crippen LogP contribution in [0.4, 0.5) is 5.82 Å². The second kappa shape index (κ2) is 7.78. The van der Waals surface area contributed by atoms with Crippen molar-refractivity contribution in [3.8, 4) is 0 Å². The molecule has 2 aromatic rings. The van der Waals surface area contributed by atoms with E-state index >= 15 is 0 Å². The molecular formula is C14H18BrN5O. The van der Waals surface area contributed by atoms with Gasteiger partial charge in [-0.05, 0) is 28.4 Å². The fourth-order valence-corrected chi connectivity index (χ4v) is 2.16. The third-order valence-electron chi connectivity index (χ3n) is 2.88. The van der Waals surface area contributed by atoms with Crippen molar-refractivity contribution in [3.63, 3.8) is 0 Å². The highest BCUT2D eigenvalue weighted by molar-refractivity contribution is 9.10. The largest absolute Gasteiger partial charge is 0.369 e. The lowest BCUT2D eigenvalue weighted by Gasteiger charge is -2.11. The van der Waals surface area contributed by atoms with Crippen molar-refractivity contribution in [3.05, 3.63) is 40.5 Å². The molecule has 0 aliphatic carbocycles. The van der Waals surface area contributed by atoms with E-state index in [2.05, 4.69) is 48.4 Å². The predicted octanol–water partition coefficient (Wildman–Crippen LogP) is 2.36. The molecule has 21 heavy (non-hydrogen) atoms. The number of pyridine rings is 1. The molecule has 0 spiro atoms. The van der Waals surface area contributed by atoms with Crippen LogP contribution in [0.5, 0.6) is 0 Å². The Morgan fingerprint density at radius 1 is 1.38 bits per heavy atom. The van der Waals surface area contributed by atoms with E-state index in [1.165, 1.54) is 0 Å². The minimum atomic E-state index is -0.137. The molecule has 1 amide bonds. The molecule has 0 saturated carbocycles. The van der Waals surface area contributed by atoms with E-state index in [9.17, 15) is 4.79 Å². The van der Waals surface area contributed by atoms with E-state index in [1.807, 2.05) is 0 Å². The van der Waals surface area contributed by atoms with Gasteiger partial charge in [0.2, 0.25) is 0 Å². The summed E-state index contributed by atoms with van der Waals surface area (Å²) in [6.07, 6.45) is 6.74. The third kappa shape index (κ3) is 4.56. The molecule has 2 aromatic heterocycles. The van der Waals surface area contributed by atoms with Crippen LogP contribution in [-0.4, -0.2) is 33.9 Å². The number of nitrogens with one attached hydrogen (secondary N) is 3. The van der Waals surface area contributed by atoms with Crippen molar-refractivity contribution in [1.82, 2.24) is 20.3 Å². The molecule has 0 fully saturated rings. The molecule has 0 aliphatic rings. The SMILES string of the molecule is CCCNc1ncc(Br)cc1C(=O)NCCc1cnc[nH]1. The molecule has 7 heteroatoms. The first-order chi connectivity index (χ1) is 10.2. The van der Waals surface area contributed by atoms with Crippen LogP contribution in [0.25, 0.3) is 0 Å². The monoisotopic (exact) mass is 351 g/mol. The molecule has 112 valence electrons. The van der Waals surface area contributed by atoms with Gasteiger partial charge in [0.05, 0.1) is 11.9 Å². The normalized spacial score (nSPS) is 10.4. The van der Waals surface area contributed by atoms with Crippen molar-refractivity contribution in [1.29, 1.82) is 0 Å². The molecule has 6 nitrogen and oxygen atoms in total. The minimum Gasteiger partial charge on any atom is -0.369 e. The van der Waals surface area contributed by atoms with Crippen molar-refractivity contribution >= 4 is 27.7 Å². The van der Waals surface area contributed by atoms with Gasteiger partial charge in [-0.1, -0.05) is 6.92 Å². The first-order valence-corrected chi connectivity index (χ1v) is 7.65. The predicted molar refractivity (Wildman–Crippen MR) is 85.3 cm³/mol. The van der Waals surface area contributed by atoms with E-state index in [0.29, 0.717) is 24.3 Å². The van der Waals surface area contributed by atoms with Gasteiger partial charge in [0.1, 0.15) is 5.82 Å². The van der Waals surface area contributed by atoms with E-state index in [-0.39, 0.29) is 5.91 Å². The second-order valence-corrected chi connectivity index (χ2v) is 5.47. The van der Waals surface area contributed by atoms with Crippen molar-refractivity contribution < 1.29 is 4.79 Å². The number of aromatic nitrogens is 3. The summed E-state index contributed by atoms with van der Waals surface area (Å²) in [6, 6.07) is 1.77. The number of hydrogen-bond donors (Lipinski definition) is 3. The van der Waals surface area contributed by atoms with Crippen LogP contribution in [-0.2, 0) is 6.42 Å².